The van der Waals surface area contributed by atoms with Gasteiger partial charge in [0.25, 0.3) is 5.91 Å². The number of carbonyl (C=O) groups excluding carboxylic acids is 2. The first kappa shape index (κ1) is 23.7. The van der Waals surface area contributed by atoms with Crippen molar-refractivity contribution in [2.45, 2.75) is 24.1 Å². The van der Waals surface area contributed by atoms with Gasteiger partial charge in [-0.3, -0.25) is 9.59 Å². The number of ether oxygens (including phenoxy) is 1. The van der Waals surface area contributed by atoms with E-state index in [9.17, 15) is 14.0 Å². The van der Waals surface area contributed by atoms with Crippen LogP contribution in [-0.4, -0.2) is 40.1 Å². The van der Waals surface area contributed by atoms with Crippen molar-refractivity contribution in [3.8, 4) is 5.75 Å². The summed E-state index contributed by atoms with van der Waals surface area (Å²) in [6, 6.07) is 22.6. The third-order valence-corrected chi connectivity index (χ3v) is 7.08. The number of methoxy groups -OCH3 is 1. The molecular formula is C27H23FN4O3S. The molecule has 9 heteroatoms. The highest BCUT2D eigenvalue weighted by Gasteiger charge is 2.39. The molecule has 2 atom stereocenters. The molecular weight excluding hydrogens is 479 g/mol. The number of benzene rings is 3. The van der Waals surface area contributed by atoms with E-state index in [1.807, 2.05) is 42.5 Å². The second kappa shape index (κ2) is 10.3. The molecule has 0 unspecified atom stereocenters. The maximum absolute atomic E-state index is 13.6. The quantitative estimate of drug-likeness (QED) is 0.512. The predicted octanol–water partition coefficient (Wildman–Crippen LogP) is 5.01. The predicted molar refractivity (Wildman–Crippen MR) is 139 cm³/mol. The van der Waals surface area contributed by atoms with Crippen LogP contribution in [0, 0.1) is 5.82 Å². The summed E-state index contributed by atoms with van der Waals surface area (Å²) in [6.07, 6.45) is 0.542. The van der Waals surface area contributed by atoms with E-state index in [-0.39, 0.29) is 30.1 Å². The minimum absolute atomic E-state index is 0.00446. The van der Waals surface area contributed by atoms with Gasteiger partial charge in [-0.15, -0.1) is 0 Å². The maximum atomic E-state index is 13.6. The smallest absolute Gasteiger partial charge is 0.262 e. The normalized spacial score (nSPS) is 19.2. The minimum Gasteiger partial charge on any atom is -0.497 e. The molecule has 0 fully saturated rings. The van der Waals surface area contributed by atoms with Gasteiger partial charge in [0.2, 0.25) is 5.91 Å². The first-order valence-electron chi connectivity index (χ1n) is 11.4. The van der Waals surface area contributed by atoms with Crippen molar-refractivity contribution in [2.24, 2.45) is 10.1 Å². The van der Waals surface area contributed by atoms with Crippen LogP contribution in [0.15, 0.2) is 89.0 Å². The number of halogens is 1. The summed E-state index contributed by atoms with van der Waals surface area (Å²) < 4.78 is 18.9. The number of aliphatic imine (C=N–C) groups is 1. The molecule has 182 valence electrons. The standard InChI is InChI=1S/C27H23FN4O3S/c1-35-21-13-9-17(10-14-21)22-15-23(18-7-11-19(28)12-8-18)32(31-22)27-30-26(34)24(36-27)16-25(33)29-20-5-3-2-4-6-20/h2-14,23-24H,15-16H2,1H3,(H,29,33)/t23-,24+/m1/s1. The van der Waals surface area contributed by atoms with Crippen LogP contribution in [-0.2, 0) is 9.59 Å². The monoisotopic (exact) mass is 502 g/mol. The topological polar surface area (TPSA) is 83.4 Å². The van der Waals surface area contributed by atoms with E-state index in [4.69, 9.17) is 9.84 Å². The molecule has 2 heterocycles. The zero-order chi connectivity index (χ0) is 25.1. The molecule has 2 aliphatic heterocycles. The Balaban J connectivity index is 1.36. The van der Waals surface area contributed by atoms with Crippen LogP contribution < -0.4 is 10.1 Å². The van der Waals surface area contributed by atoms with Gasteiger partial charge in [0.05, 0.1) is 18.9 Å². The van der Waals surface area contributed by atoms with E-state index < -0.39 is 5.25 Å². The third-order valence-electron chi connectivity index (χ3n) is 5.94. The Morgan fingerprint density at radius 2 is 1.81 bits per heavy atom. The molecule has 0 radical (unpaired) electrons. The van der Waals surface area contributed by atoms with E-state index >= 15 is 0 Å². The Morgan fingerprint density at radius 1 is 1.08 bits per heavy atom. The summed E-state index contributed by atoms with van der Waals surface area (Å²) in [4.78, 5) is 29.5. The average Bonchev–Trinajstić information content (AvgIpc) is 3.49. The largest absolute Gasteiger partial charge is 0.497 e. The lowest BCUT2D eigenvalue weighted by molar-refractivity contribution is -0.121. The first-order valence-corrected chi connectivity index (χ1v) is 12.3. The van der Waals surface area contributed by atoms with Gasteiger partial charge in [-0.2, -0.15) is 10.1 Å². The maximum Gasteiger partial charge on any atom is 0.262 e. The highest BCUT2D eigenvalue weighted by atomic mass is 32.2. The minimum atomic E-state index is -0.641. The molecule has 0 aromatic heterocycles. The summed E-state index contributed by atoms with van der Waals surface area (Å²) in [5.74, 6) is -0.222. The van der Waals surface area contributed by atoms with E-state index in [2.05, 4.69) is 10.3 Å². The van der Waals surface area contributed by atoms with Crippen LogP contribution in [0.2, 0.25) is 0 Å². The third kappa shape index (κ3) is 5.16. The lowest BCUT2D eigenvalue weighted by atomic mass is 9.98. The molecule has 3 aromatic rings. The fourth-order valence-corrected chi connectivity index (χ4v) is 5.16. The summed E-state index contributed by atoms with van der Waals surface area (Å²) in [5.41, 5.74) is 3.25. The fraction of sp³-hybridized carbons (Fsp3) is 0.185. The molecule has 0 aliphatic carbocycles. The van der Waals surface area contributed by atoms with Crippen LogP contribution in [0.25, 0.3) is 0 Å². The summed E-state index contributed by atoms with van der Waals surface area (Å²) in [7, 11) is 1.61. The second-order valence-corrected chi connectivity index (χ2v) is 9.52. The van der Waals surface area contributed by atoms with Gasteiger partial charge in [0, 0.05) is 18.5 Å². The molecule has 0 spiro atoms. The van der Waals surface area contributed by atoms with Gasteiger partial charge in [-0.1, -0.05) is 42.1 Å². The van der Waals surface area contributed by atoms with Crippen molar-refractivity contribution in [3.05, 3.63) is 95.8 Å². The number of nitrogens with zero attached hydrogens (tertiary/aromatic N) is 3. The number of hydrogen-bond acceptors (Lipinski definition) is 6. The van der Waals surface area contributed by atoms with Gasteiger partial charge in [-0.05, 0) is 59.7 Å². The van der Waals surface area contributed by atoms with Crippen LogP contribution in [0.3, 0.4) is 0 Å². The van der Waals surface area contributed by atoms with E-state index in [1.165, 1.54) is 23.9 Å². The lowest BCUT2D eigenvalue weighted by Crippen LogP contribution is -2.25. The molecule has 36 heavy (non-hydrogen) atoms. The number of nitrogens with one attached hydrogen (secondary N) is 1. The summed E-state index contributed by atoms with van der Waals surface area (Å²) >= 11 is 1.22. The Labute approximate surface area is 212 Å². The van der Waals surface area contributed by atoms with Gasteiger partial charge >= 0.3 is 0 Å². The number of amidine groups is 1. The number of thioether (sulfide) groups is 1. The highest BCUT2D eigenvalue weighted by Crippen LogP contribution is 2.38. The molecule has 2 amide bonds. The summed E-state index contributed by atoms with van der Waals surface area (Å²) in [6.45, 7) is 0. The van der Waals surface area contributed by atoms with Gasteiger partial charge in [0.15, 0.2) is 5.17 Å². The molecule has 0 bridgehead atoms. The lowest BCUT2D eigenvalue weighted by Gasteiger charge is -2.23. The van der Waals surface area contributed by atoms with Crippen molar-refractivity contribution in [2.75, 3.05) is 12.4 Å². The first-order chi connectivity index (χ1) is 17.5. The van der Waals surface area contributed by atoms with Gasteiger partial charge in [0.1, 0.15) is 16.8 Å². The molecule has 0 saturated heterocycles. The average molecular weight is 503 g/mol. The number of amides is 2. The van der Waals surface area contributed by atoms with Crippen molar-refractivity contribution in [3.63, 3.8) is 0 Å². The number of hydrazone groups is 1. The summed E-state index contributed by atoms with van der Waals surface area (Å²) in [5, 5.41) is 9.11. The SMILES string of the molecule is COc1ccc(C2=NN(C3=NC(=O)[C@H](CC(=O)Nc4ccccc4)S3)[C@@H](c3ccc(F)cc3)C2)cc1. The molecule has 3 aromatic carbocycles. The van der Waals surface area contributed by atoms with Crippen molar-refractivity contribution in [1.29, 1.82) is 0 Å². The molecule has 2 aliphatic rings. The molecule has 0 saturated carbocycles. The molecule has 5 rings (SSSR count). The Kier molecular flexibility index (Phi) is 6.81. The van der Waals surface area contributed by atoms with Crippen molar-refractivity contribution < 1.29 is 18.7 Å². The molecule has 1 N–H and O–H groups in total. The van der Waals surface area contributed by atoms with Crippen LogP contribution >= 0.6 is 11.8 Å². The molecule has 7 nitrogen and oxygen atoms in total. The number of rotatable bonds is 6. The van der Waals surface area contributed by atoms with Crippen molar-refractivity contribution >= 4 is 40.1 Å². The van der Waals surface area contributed by atoms with Crippen LogP contribution in [0.5, 0.6) is 5.75 Å². The Bertz CT molecular complexity index is 1330. The van der Waals surface area contributed by atoms with Gasteiger partial charge < -0.3 is 10.1 Å². The highest BCUT2D eigenvalue weighted by molar-refractivity contribution is 8.15. The zero-order valence-corrected chi connectivity index (χ0v) is 20.2. The Morgan fingerprint density at radius 3 is 2.50 bits per heavy atom. The van der Waals surface area contributed by atoms with Gasteiger partial charge in [-0.25, -0.2) is 9.40 Å². The Hall–Kier alpha value is -3.98. The van der Waals surface area contributed by atoms with E-state index in [0.29, 0.717) is 17.3 Å². The second-order valence-electron chi connectivity index (χ2n) is 8.35. The number of hydrogen-bond donors (Lipinski definition) is 1. The van der Waals surface area contributed by atoms with Crippen LogP contribution in [0.1, 0.15) is 30.0 Å². The number of anilines is 1. The van der Waals surface area contributed by atoms with Crippen molar-refractivity contribution in [1.82, 2.24) is 5.01 Å². The zero-order valence-electron chi connectivity index (χ0n) is 19.4. The van der Waals surface area contributed by atoms with Crippen LogP contribution in [0.4, 0.5) is 10.1 Å². The fourth-order valence-electron chi connectivity index (χ4n) is 4.10. The number of para-hydroxylation sites is 1. The van der Waals surface area contributed by atoms with E-state index in [0.717, 1.165) is 22.6 Å². The number of carbonyl (C=O) groups is 2. The van der Waals surface area contributed by atoms with E-state index in [1.54, 1.807) is 36.4 Å².